The normalized spacial score (nSPS) is 11.6. The second-order valence-corrected chi connectivity index (χ2v) is 4.84. The van der Waals surface area contributed by atoms with Gasteiger partial charge in [0.05, 0.1) is 23.0 Å². The number of carbonyl (C=O) groups excluding carboxylic acids is 1. The molecule has 0 saturated carbocycles. The van der Waals surface area contributed by atoms with Gasteiger partial charge in [-0.05, 0) is 19.1 Å². The van der Waals surface area contributed by atoms with Gasteiger partial charge in [0.1, 0.15) is 5.82 Å². The summed E-state index contributed by atoms with van der Waals surface area (Å²) in [5.74, 6) is -0.725. The summed E-state index contributed by atoms with van der Waals surface area (Å²) < 4.78 is 13.6. The molecule has 17 heavy (non-hydrogen) atoms. The van der Waals surface area contributed by atoms with Crippen molar-refractivity contribution in [1.82, 2.24) is 0 Å². The SMILES string of the molecule is CC(Br)C(=O)N(CCC#N)c1ccccc1F. The Morgan fingerprint density at radius 2 is 2.24 bits per heavy atom. The lowest BCUT2D eigenvalue weighted by atomic mass is 10.2. The number of benzene rings is 1. The van der Waals surface area contributed by atoms with Crippen LogP contribution < -0.4 is 4.90 Å². The lowest BCUT2D eigenvalue weighted by Crippen LogP contribution is -2.36. The third-order valence-corrected chi connectivity index (χ3v) is 2.59. The highest BCUT2D eigenvalue weighted by atomic mass is 79.9. The van der Waals surface area contributed by atoms with Crippen molar-refractivity contribution in [3.05, 3.63) is 30.1 Å². The van der Waals surface area contributed by atoms with Crippen LogP contribution in [0.1, 0.15) is 13.3 Å². The molecule has 0 bridgehead atoms. The van der Waals surface area contributed by atoms with E-state index in [0.717, 1.165) is 0 Å². The van der Waals surface area contributed by atoms with E-state index < -0.39 is 10.6 Å². The number of hydrogen-bond acceptors (Lipinski definition) is 2. The minimum absolute atomic E-state index is 0.166. The van der Waals surface area contributed by atoms with Crippen molar-refractivity contribution in [2.24, 2.45) is 0 Å². The molecule has 3 nitrogen and oxygen atoms in total. The number of halogens is 2. The molecule has 1 aromatic carbocycles. The van der Waals surface area contributed by atoms with Crippen LogP contribution in [-0.4, -0.2) is 17.3 Å². The molecule has 0 aliphatic rings. The van der Waals surface area contributed by atoms with Gasteiger partial charge >= 0.3 is 0 Å². The molecule has 90 valence electrons. The molecular formula is C12H12BrFN2O. The topological polar surface area (TPSA) is 44.1 Å². The molecule has 0 spiro atoms. The summed E-state index contributed by atoms with van der Waals surface area (Å²) in [6.07, 6.45) is 0.166. The van der Waals surface area contributed by atoms with Gasteiger partial charge in [-0.15, -0.1) is 0 Å². The van der Waals surface area contributed by atoms with Crippen LogP contribution in [0.5, 0.6) is 0 Å². The Morgan fingerprint density at radius 3 is 2.76 bits per heavy atom. The number of amides is 1. The minimum atomic E-state index is -0.466. The molecule has 0 heterocycles. The highest BCUT2D eigenvalue weighted by molar-refractivity contribution is 9.10. The van der Waals surface area contributed by atoms with Crippen LogP contribution in [0, 0.1) is 17.1 Å². The summed E-state index contributed by atoms with van der Waals surface area (Å²) in [5.41, 5.74) is 0.207. The van der Waals surface area contributed by atoms with E-state index in [0.29, 0.717) is 0 Å². The summed E-state index contributed by atoms with van der Waals surface area (Å²) in [5, 5.41) is 8.56. The molecular weight excluding hydrogens is 287 g/mol. The van der Waals surface area contributed by atoms with E-state index in [1.54, 1.807) is 19.1 Å². The van der Waals surface area contributed by atoms with E-state index in [-0.39, 0.29) is 24.6 Å². The van der Waals surface area contributed by atoms with Crippen molar-refractivity contribution < 1.29 is 9.18 Å². The molecule has 1 rings (SSSR count). The zero-order valence-electron chi connectivity index (χ0n) is 9.36. The Kier molecular flexibility index (Phi) is 5.11. The molecule has 1 unspecified atom stereocenters. The number of anilines is 1. The molecule has 0 aliphatic carbocycles. The summed E-state index contributed by atoms with van der Waals surface area (Å²) in [6.45, 7) is 1.86. The number of nitriles is 1. The van der Waals surface area contributed by atoms with Crippen molar-refractivity contribution in [2.45, 2.75) is 18.2 Å². The lowest BCUT2D eigenvalue weighted by molar-refractivity contribution is -0.117. The van der Waals surface area contributed by atoms with Gasteiger partial charge in [0, 0.05) is 6.54 Å². The third kappa shape index (κ3) is 3.53. The van der Waals surface area contributed by atoms with Gasteiger partial charge < -0.3 is 4.90 Å². The van der Waals surface area contributed by atoms with Gasteiger partial charge in [0.2, 0.25) is 5.91 Å². The van der Waals surface area contributed by atoms with Crippen LogP contribution >= 0.6 is 15.9 Å². The van der Waals surface area contributed by atoms with Gasteiger partial charge in [-0.3, -0.25) is 4.79 Å². The Morgan fingerprint density at radius 1 is 1.59 bits per heavy atom. The van der Waals surface area contributed by atoms with Crippen molar-refractivity contribution in [1.29, 1.82) is 5.26 Å². The molecule has 1 atom stereocenters. The maximum Gasteiger partial charge on any atom is 0.240 e. The second kappa shape index (κ2) is 6.36. The van der Waals surface area contributed by atoms with E-state index in [4.69, 9.17) is 5.26 Å². The molecule has 0 fully saturated rings. The molecule has 1 aromatic rings. The summed E-state index contributed by atoms with van der Waals surface area (Å²) in [4.78, 5) is 12.8. The first-order chi connectivity index (χ1) is 8.07. The average molecular weight is 299 g/mol. The smallest absolute Gasteiger partial charge is 0.240 e. The summed E-state index contributed by atoms with van der Waals surface area (Å²) in [7, 11) is 0. The lowest BCUT2D eigenvalue weighted by Gasteiger charge is -2.23. The fraction of sp³-hybridized carbons (Fsp3) is 0.333. The monoisotopic (exact) mass is 298 g/mol. The van der Waals surface area contributed by atoms with Gasteiger partial charge in [-0.2, -0.15) is 5.26 Å². The zero-order chi connectivity index (χ0) is 12.8. The predicted molar refractivity (Wildman–Crippen MR) is 67.4 cm³/mol. The first-order valence-corrected chi connectivity index (χ1v) is 6.06. The fourth-order valence-corrected chi connectivity index (χ4v) is 1.64. The Hall–Kier alpha value is -1.41. The van der Waals surface area contributed by atoms with Gasteiger partial charge in [-0.1, -0.05) is 28.1 Å². The summed E-state index contributed by atoms with van der Waals surface area (Å²) >= 11 is 3.16. The van der Waals surface area contributed by atoms with Crippen LogP contribution in [-0.2, 0) is 4.79 Å². The van der Waals surface area contributed by atoms with Gasteiger partial charge in [0.15, 0.2) is 0 Å². The molecule has 1 amide bonds. The Balaban J connectivity index is 3.03. The zero-order valence-corrected chi connectivity index (χ0v) is 10.9. The average Bonchev–Trinajstić information content (AvgIpc) is 2.31. The van der Waals surface area contributed by atoms with Crippen molar-refractivity contribution in [3.8, 4) is 6.07 Å². The van der Waals surface area contributed by atoms with E-state index in [1.807, 2.05) is 6.07 Å². The van der Waals surface area contributed by atoms with Gasteiger partial charge in [0.25, 0.3) is 0 Å². The maximum absolute atomic E-state index is 13.6. The Bertz CT molecular complexity index is 442. The van der Waals surface area contributed by atoms with Crippen LogP contribution in [0.3, 0.4) is 0 Å². The standard InChI is InChI=1S/C12H12BrFN2O/c1-9(13)12(17)16(8-4-7-15)11-6-3-2-5-10(11)14/h2-3,5-6,9H,4,8H2,1H3. The van der Waals surface area contributed by atoms with Gasteiger partial charge in [-0.25, -0.2) is 4.39 Å². The van der Waals surface area contributed by atoms with E-state index in [2.05, 4.69) is 15.9 Å². The number of alkyl halides is 1. The molecule has 0 aliphatic heterocycles. The molecule has 0 saturated heterocycles. The molecule has 0 N–H and O–H groups in total. The summed E-state index contributed by atoms with van der Waals surface area (Å²) in [6, 6.07) is 7.99. The Labute approximate surface area is 108 Å². The first kappa shape index (κ1) is 13.7. The predicted octanol–water partition coefficient (Wildman–Crippen LogP) is 2.86. The quantitative estimate of drug-likeness (QED) is 0.802. The maximum atomic E-state index is 13.6. The number of carbonyl (C=O) groups is 1. The van der Waals surface area contributed by atoms with Crippen LogP contribution in [0.2, 0.25) is 0 Å². The number of hydrogen-bond donors (Lipinski definition) is 0. The highest BCUT2D eigenvalue weighted by Gasteiger charge is 2.21. The van der Waals surface area contributed by atoms with Crippen LogP contribution in [0.25, 0.3) is 0 Å². The number of nitrogens with zero attached hydrogens (tertiary/aromatic N) is 2. The molecule has 0 radical (unpaired) electrons. The molecule has 5 heteroatoms. The second-order valence-electron chi connectivity index (χ2n) is 3.47. The minimum Gasteiger partial charge on any atom is -0.308 e. The first-order valence-electron chi connectivity index (χ1n) is 5.15. The van der Waals surface area contributed by atoms with E-state index >= 15 is 0 Å². The third-order valence-electron chi connectivity index (χ3n) is 2.20. The van der Waals surface area contributed by atoms with Crippen LogP contribution in [0.15, 0.2) is 24.3 Å². The van der Waals surface area contributed by atoms with E-state index in [1.165, 1.54) is 17.0 Å². The number of rotatable bonds is 4. The van der Waals surface area contributed by atoms with E-state index in [9.17, 15) is 9.18 Å². The van der Waals surface area contributed by atoms with Crippen molar-refractivity contribution >= 4 is 27.5 Å². The molecule has 0 aromatic heterocycles. The van der Waals surface area contributed by atoms with Crippen molar-refractivity contribution in [2.75, 3.05) is 11.4 Å². The number of para-hydroxylation sites is 1. The largest absolute Gasteiger partial charge is 0.308 e. The highest BCUT2D eigenvalue weighted by Crippen LogP contribution is 2.21. The van der Waals surface area contributed by atoms with Crippen molar-refractivity contribution in [3.63, 3.8) is 0 Å². The van der Waals surface area contributed by atoms with Crippen LogP contribution in [0.4, 0.5) is 10.1 Å². The fourth-order valence-electron chi connectivity index (χ4n) is 1.40.